The number of H-pyrrole nitrogens is 1. The van der Waals surface area contributed by atoms with Gasteiger partial charge in [0.15, 0.2) is 5.60 Å². The van der Waals surface area contributed by atoms with Gasteiger partial charge in [0.05, 0.1) is 12.8 Å². The Hall–Kier alpha value is -2.82. The molecule has 1 aromatic carbocycles. The molecule has 3 heterocycles. The van der Waals surface area contributed by atoms with E-state index in [1.54, 1.807) is 25.6 Å². The lowest BCUT2D eigenvalue weighted by atomic mass is 9.90. The topological polar surface area (TPSA) is 64.2 Å². The molecule has 0 saturated heterocycles. The fraction of sp³-hybridized carbons (Fsp3) is 0.176. The van der Waals surface area contributed by atoms with E-state index in [1.807, 2.05) is 31.2 Å². The maximum Gasteiger partial charge on any atom is 0.343 e. The molecule has 0 spiro atoms. The number of nitrogens with one attached hydrogen (secondary N) is 1. The molecule has 4 rings (SSSR count). The molecular weight excluding hydrogens is 280 g/mol. The third kappa shape index (κ3) is 1.59. The predicted molar refractivity (Wildman–Crippen MR) is 81.0 cm³/mol. The number of ether oxygens (including phenoxy) is 2. The molecule has 0 radical (unpaired) electrons. The van der Waals surface area contributed by atoms with Crippen LogP contribution in [0.1, 0.15) is 28.5 Å². The molecule has 5 nitrogen and oxygen atoms in total. The Bertz CT molecular complexity index is 867. The molecule has 110 valence electrons. The minimum atomic E-state index is -0.861. The first-order valence-corrected chi connectivity index (χ1v) is 6.97. The number of fused-ring (bicyclic) bond motifs is 2. The maximum absolute atomic E-state index is 12.3. The van der Waals surface area contributed by atoms with Gasteiger partial charge < -0.3 is 14.5 Å². The molecule has 1 aliphatic heterocycles. The largest absolute Gasteiger partial charge is 0.496 e. The Kier molecular flexibility index (Phi) is 2.54. The zero-order chi connectivity index (χ0) is 15.3. The second-order valence-electron chi connectivity index (χ2n) is 5.45. The van der Waals surface area contributed by atoms with Crippen LogP contribution < -0.4 is 4.74 Å². The number of carbonyl (C=O) groups is 1. The van der Waals surface area contributed by atoms with E-state index in [-0.39, 0.29) is 5.97 Å². The third-order valence-electron chi connectivity index (χ3n) is 4.20. The van der Waals surface area contributed by atoms with Crippen LogP contribution in [0.25, 0.3) is 10.9 Å². The predicted octanol–water partition coefficient (Wildman–Crippen LogP) is 3.01. The number of aromatic nitrogens is 2. The molecule has 1 N–H and O–H groups in total. The lowest BCUT2D eigenvalue weighted by Crippen LogP contribution is -2.23. The number of pyridine rings is 1. The first-order chi connectivity index (χ1) is 10.6. The molecule has 3 aromatic rings. The fourth-order valence-corrected chi connectivity index (χ4v) is 3.03. The van der Waals surface area contributed by atoms with E-state index in [1.165, 1.54) is 0 Å². The average molecular weight is 294 g/mol. The minimum Gasteiger partial charge on any atom is -0.496 e. The van der Waals surface area contributed by atoms with Crippen molar-refractivity contribution >= 4 is 16.9 Å². The SMILES string of the molecule is COc1cccc2c1C(=O)OC2(C)c1cc2cnccc2[nH]1. The van der Waals surface area contributed by atoms with Crippen LogP contribution in [0.2, 0.25) is 0 Å². The Balaban J connectivity index is 1.95. The van der Waals surface area contributed by atoms with E-state index < -0.39 is 5.60 Å². The number of methoxy groups -OCH3 is 1. The highest BCUT2D eigenvalue weighted by molar-refractivity contribution is 5.98. The smallest absolute Gasteiger partial charge is 0.343 e. The summed E-state index contributed by atoms with van der Waals surface area (Å²) in [6, 6.07) is 9.38. The van der Waals surface area contributed by atoms with Gasteiger partial charge in [-0.25, -0.2) is 4.79 Å². The van der Waals surface area contributed by atoms with Crippen molar-refractivity contribution in [3.8, 4) is 5.75 Å². The number of rotatable bonds is 2. The van der Waals surface area contributed by atoms with Gasteiger partial charge in [-0.15, -0.1) is 0 Å². The first kappa shape index (κ1) is 12.9. The Morgan fingerprint density at radius 2 is 2.18 bits per heavy atom. The lowest BCUT2D eigenvalue weighted by Gasteiger charge is -2.22. The van der Waals surface area contributed by atoms with E-state index in [0.29, 0.717) is 11.3 Å². The lowest BCUT2D eigenvalue weighted by molar-refractivity contribution is 0.0166. The zero-order valence-electron chi connectivity index (χ0n) is 12.2. The van der Waals surface area contributed by atoms with E-state index in [9.17, 15) is 4.79 Å². The second kappa shape index (κ2) is 4.34. The molecule has 1 unspecified atom stereocenters. The number of cyclic esters (lactones) is 1. The number of hydrogen-bond acceptors (Lipinski definition) is 4. The number of benzene rings is 1. The molecule has 1 atom stereocenters. The summed E-state index contributed by atoms with van der Waals surface area (Å²) in [5, 5.41) is 0.978. The van der Waals surface area contributed by atoms with Gasteiger partial charge in [0.2, 0.25) is 0 Å². The highest BCUT2D eigenvalue weighted by Crippen LogP contribution is 2.44. The van der Waals surface area contributed by atoms with E-state index in [0.717, 1.165) is 22.2 Å². The summed E-state index contributed by atoms with van der Waals surface area (Å²) in [7, 11) is 1.55. The molecule has 0 fully saturated rings. The molecule has 0 bridgehead atoms. The van der Waals surface area contributed by atoms with Gasteiger partial charge in [-0.2, -0.15) is 0 Å². The van der Waals surface area contributed by atoms with Crippen LogP contribution in [0.4, 0.5) is 0 Å². The normalized spacial score (nSPS) is 20.0. The van der Waals surface area contributed by atoms with Crippen molar-refractivity contribution in [1.82, 2.24) is 9.97 Å². The monoisotopic (exact) mass is 294 g/mol. The van der Waals surface area contributed by atoms with Gasteiger partial charge in [-0.3, -0.25) is 4.98 Å². The molecule has 1 aliphatic rings. The summed E-state index contributed by atoms with van der Waals surface area (Å²) in [6.07, 6.45) is 3.50. The number of nitrogens with zero attached hydrogens (tertiary/aromatic N) is 1. The van der Waals surface area contributed by atoms with Crippen LogP contribution in [0, 0.1) is 0 Å². The molecule has 0 aliphatic carbocycles. The van der Waals surface area contributed by atoms with E-state index >= 15 is 0 Å². The van der Waals surface area contributed by atoms with Gasteiger partial charge in [0, 0.05) is 28.9 Å². The number of hydrogen-bond donors (Lipinski definition) is 1. The van der Waals surface area contributed by atoms with Gasteiger partial charge >= 0.3 is 5.97 Å². The van der Waals surface area contributed by atoms with Gasteiger partial charge in [-0.1, -0.05) is 12.1 Å². The van der Waals surface area contributed by atoms with Crippen molar-refractivity contribution in [1.29, 1.82) is 0 Å². The van der Waals surface area contributed by atoms with Crippen LogP contribution >= 0.6 is 0 Å². The van der Waals surface area contributed by atoms with Crippen molar-refractivity contribution in [3.63, 3.8) is 0 Å². The highest BCUT2D eigenvalue weighted by Gasteiger charge is 2.45. The van der Waals surface area contributed by atoms with E-state index in [2.05, 4.69) is 9.97 Å². The summed E-state index contributed by atoms with van der Waals surface area (Å²) in [5.41, 5.74) is 2.20. The summed E-state index contributed by atoms with van der Waals surface area (Å²) >= 11 is 0. The van der Waals surface area contributed by atoms with Crippen molar-refractivity contribution in [2.75, 3.05) is 7.11 Å². The molecular formula is C17H14N2O3. The van der Waals surface area contributed by atoms with Gasteiger partial charge in [0.25, 0.3) is 0 Å². The Morgan fingerprint density at radius 1 is 1.32 bits per heavy atom. The van der Waals surface area contributed by atoms with Crippen LogP contribution in [0.5, 0.6) is 5.75 Å². The third-order valence-corrected chi connectivity index (χ3v) is 4.20. The molecule has 0 amide bonds. The van der Waals surface area contributed by atoms with E-state index in [4.69, 9.17) is 9.47 Å². The minimum absolute atomic E-state index is 0.369. The first-order valence-electron chi connectivity index (χ1n) is 6.97. The summed E-state index contributed by atoms with van der Waals surface area (Å²) in [5.74, 6) is 0.163. The van der Waals surface area contributed by atoms with Crippen LogP contribution in [-0.4, -0.2) is 23.0 Å². The highest BCUT2D eigenvalue weighted by atomic mass is 16.6. The van der Waals surface area contributed by atoms with Crippen molar-refractivity contribution < 1.29 is 14.3 Å². The Morgan fingerprint density at radius 3 is 2.95 bits per heavy atom. The maximum atomic E-state index is 12.3. The fourth-order valence-electron chi connectivity index (χ4n) is 3.03. The van der Waals surface area contributed by atoms with Crippen molar-refractivity contribution in [3.05, 3.63) is 59.5 Å². The van der Waals surface area contributed by atoms with Crippen LogP contribution in [-0.2, 0) is 10.3 Å². The van der Waals surface area contributed by atoms with Gasteiger partial charge in [0.1, 0.15) is 11.3 Å². The number of esters is 1. The molecule has 2 aromatic heterocycles. The quantitative estimate of drug-likeness (QED) is 0.738. The number of carbonyl (C=O) groups excluding carboxylic acids is 1. The van der Waals surface area contributed by atoms with Crippen molar-refractivity contribution in [2.24, 2.45) is 0 Å². The molecule has 22 heavy (non-hydrogen) atoms. The standard InChI is InChI=1S/C17H14N2O3/c1-17(14-8-10-9-18-7-6-12(10)19-14)11-4-3-5-13(21-2)15(11)16(20)22-17/h3-9,19H,1-2H3. The number of aromatic amines is 1. The molecule has 5 heteroatoms. The molecule has 0 saturated carbocycles. The Labute approximate surface area is 126 Å². The van der Waals surface area contributed by atoms with Gasteiger partial charge in [-0.05, 0) is 25.1 Å². The average Bonchev–Trinajstić information content (AvgIpc) is 3.08. The van der Waals surface area contributed by atoms with Crippen molar-refractivity contribution in [2.45, 2.75) is 12.5 Å². The second-order valence-corrected chi connectivity index (χ2v) is 5.45. The summed E-state index contributed by atoms with van der Waals surface area (Å²) in [6.45, 7) is 1.88. The summed E-state index contributed by atoms with van der Waals surface area (Å²) < 4.78 is 11.0. The zero-order valence-corrected chi connectivity index (χ0v) is 12.2. The van der Waals surface area contributed by atoms with Crippen LogP contribution in [0.3, 0.4) is 0 Å². The summed E-state index contributed by atoms with van der Waals surface area (Å²) in [4.78, 5) is 19.8. The van der Waals surface area contributed by atoms with Crippen LogP contribution in [0.15, 0.2) is 42.7 Å².